The Morgan fingerprint density at radius 2 is 2.07 bits per heavy atom. The second-order valence-electron chi connectivity index (χ2n) is 16.4. The Morgan fingerprint density at radius 1 is 1.26 bits per heavy atom. The Bertz CT molecular complexity index is 2260. The number of aromatic nitrogens is 3. The van der Waals surface area contributed by atoms with Gasteiger partial charge in [0.15, 0.2) is 0 Å². The minimum Gasteiger partial charge on any atom is -0.464 e. The lowest BCUT2D eigenvalue weighted by Crippen LogP contribution is -2.60. The molecular weight excluding hydrogens is 751 g/mol. The standard InChI is InChI=1S/C45H55N7O5S/c1-9-29(40(46-10-2)27(5)56-8)41-31-23-45(6,7)25-57-44(55)33-16-14-20-52(50-33)43(54)34(49-42(53)39-26(4)38(39)32-15-12-13-19-47-32)22-37-48-35(24-58-37)28-17-18-36(30(31)21-28)51(41)11-3/h9-10,12-13,15,17-19,21,24,26-27,33-34,38-39,50H,1,11,14,16,20,22-23,25H2,2-8H3,(H,49,53)/b40-29+,46-10-/t26-,27-,33-,34-,38+,39-/m0/s1. The largest absolute Gasteiger partial charge is 0.464 e. The lowest BCUT2D eigenvalue weighted by Gasteiger charge is -2.35. The molecule has 2 fully saturated rings. The van der Waals surface area contributed by atoms with Crippen LogP contribution in [0.5, 0.6) is 0 Å². The number of hydrazine groups is 1. The third-order valence-electron chi connectivity index (χ3n) is 11.8. The number of esters is 1. The van der Waals surface area contributed by atoms with Crippen molar-refractivity contribution in [3.05, 3.63) is 88.3 Å². The summed E-state index contributed by atoms with van der Waals surface area (Å²) in [6.07, 6.45) is 6.98. The number of hydrogen-bond donors (Lipinski definition) is 2. The summed E-state index contributed by atoms with van der Waals surface area (Å²) in [6, 6.07) is 10.5. The number of aryl methyl sites for hydroxylation is 1. The quantitative estimate of drug-likeness (QED) is 0.106. The van der Waals surface area contributed by atoms with E-state index in [2.05, 4.69) is 65.8 Å². The highest BCUT2D eigenvalue weighted by molar-refractivity contribution is 7.10. The number of fused-ring (bicyclic) bond motifs is 6. The van der Waals surface area contributed by atoms with Crippen LogP contribution < -0.4 is 10.7 Å². The second kappa shape index (κ2) is 17.1. The van der Waals surface area contributed by atoms with Gasteiger partial charge in [0.2, 0.25) is 5.91 Å². The molecule has 7 rings (SSSR count). The van der Waals surface area contributed by atoms with Gasteiger partial charge in [-0.2, -0.15) is 0 Å². The van der Waals surface area contributed by atoms with E-state index in [1.807, 2.05) is 50.4 Å². The second-order valence-corrected chi connectivity index (χ2v) is 17.3. The molecule has 58 heavy (non-hydrogen) atoms. The molecule has 3 aromatic heterocycles. The monoisotopic (exact) mass is 805 g/mol. The topological polar surface area (TPSA) is 140 Å². The molecule has 0 radical (unpaired) electrons. The normalized spacial score (nSPS) is 24.5. The number of ether oxygens (including phenoxy) is 2. The van der Waals surface area contributed by atoms with Crippen molar-refractivity contribution in [1.82, 2.24) is 30.3 Å². The number of carbonyl (C=O) groups is 3. The number of hydrogen-bond acceptors (Lipinski definition) is 10. The van der Waals surface area contributed by atoms with Crippen molar-refractivity contribution in [2.24, 2.45) is 22.2 Å². The number of nitrogens with zero attached hydrogens (tertiary/aromatic N) is 5. The van der Waals surface area contributed by atoms with Crippen LogP contribution in [0.4, 0.5) is 0 Å². The van der Waals surface area contributed by atoms with Crippen LogP contribution >= 0.6 is 11.3 Å². The number of nitrogens with one attached hydrogen (secondary N) is 2. The third-order valence-corrected chi connectivity index (χ3v) is 12.6. The maximum atomic E-state index is 14.4. The van der Waals surface area contributed by atoms with E-state index in [0.717, 1.165) is 50.4 Å². The lowest BCUT2D eigenvalue weighted by atomic mass is 9.84. The fraction of sp³-hybridized carbons (Fsp3) is 0.467. The van der Waals surface area contributed by atoms with Crippen molar-refractivity contribution >= 4 is 51.8 Å². The van der Waals surface area contributed by atoms with Gasteiger partial charge in [-0.3, -0.25) is 29.4 Å². The summed E-state index contributed by atoms with van der Waals surface area (Å²) in [4.78, 5) is 56.4. The van der Waals surface area contributed by atoms with Gasteiger partial charge in [0.25, 0.3) is 5.91 Å². The maximum Gasteiger partial charge on any atom is 0.324 e. The van der Waals surface area contributed by atoms with Gasteiger partial charge in [-0.15, -0.1) is 11.3 Å². The molecule has 3 aliphatic rings. The maximum absolute atomic E-state index is 14.4. The summed E-state index contributed by atoms with van der Waals surface area (Å²) in [5.41, 5.74) is 10.1. The first-order valence-electron chi connectivity index (χ1n) is 20.3. The predicted octanol–water partition coefficient (Wildman–Crippen LogP) is 6.90. The minimum atomic E-state index is -0.905. The summed E-state index contributed by atoms with van der Waals surface area (Å²) in [5.74, 6) is -1.16. The van der Waals surface area contributed by atoms with E-state index in [1.165, 1.54) is 16.3 Å². The summed E-state index contributed by atoms with van der Waals surface area (Å²) in [7, 11) is 1.68. The molecule has 12 nitrogen and oxygen atoms in total. The van der Waals surface area contributed by atoms with Crippen LogP contribution in [0.15, 0.2) is 71.3 Å². The molecule has 1 aliphatic carbocycles. The molecule has 1 saturated carbocycles. The lowest BCUT2D eigenvalue weighted by molar-refractivity contribution is -0.155. The molecule has 0 unspecified atom stereocenters. The average Bonchev–Trinajstić information content (AvgIpc) is 3.53. The summed E-state index contributed by atoms with van der Waals surface area (Å²) in [5, 5.41) is 8.37. The highest BCUT2D eigenvalue weighted by atomic mass is 32.1. The number of rotatable bonds is 9. The van der Waals surface area contributed by atoms with Gasteiger partial charge in [0, 0.05) is 89.4 Å². The molecule has 306 valence electrons. The van der Waals surface area contributed by atoms with Gasteiger partial charge in [-0.05, 0) is 75.8 Å². The Hall–Kier alpha value is -4.98. The van der Waals surface area contributed by atoms with Crippen molar-refractivity contribution in [2.45, 2.75) is 97.9 Å². The molecule has 4 aromatic rings. The summed E-state index contributed by atoms with van der Waals surface area (Å²) >= 11 is 1.46. The van der Waals surface area contributed by atoms with Crippen LogP contribution in [0.1, 0.15) is 82.3 Å². The SMILES string of the molecule is C=C/C(=C(\N=C/C)[C@H](C)OC)c1c2c3cc(ccc3n1CC)-c1csc(n1)C[C@H](NC(=O)[C@H]1[C@@H](C)[C@@H]1c1ccccn1)C(=O)N1CCC[C@H](N1)C(=O)OCC(C)(C)C2. The van der Waals surface area contributed by atoms with Crippen molar-refractivity contribution < 1.29 is 23.9 Å². The Balaban J connectivity index is 1.32. The Labute approximate surface area is 344 Å². The Morgan fingerprint density at radius 3 is 2.78 bits per heavy atom. The van der Waals surface area contributed by atoms with Crippen molar-refractivity contribution in [2.75, 3.05) is 20.3 Å². The zero-order valence-corrected chi connectivity index (χ0v) is 35.4. The van der Waals surface area contributed by atoms with E-state index in [4.69, 9.17) is 19.5 Å². The van der Waals surface area contributed by atoms with Crippen LogP contribution in [-0.2, 0) is 43.2 Å². The number of aliphatic imine (C=N–C) groups is 1. The van der Waals surface area contributed by atoms with Gasteiger partial charge < -0.3 is 19.4 Å². The number of allylic oxidation sites excluding steroid dienone is 2. The molecule has 6 bridgehead atoms. The Kier molecular flexibility index (Phi) is 12.1. The third kappa shape index (κ3) is 8.17. The molecule has 2 aliphatic heterocycles. The number of methoxy groups -OCH3 is 1. The molecule has 5 heterocycles. The smallest absolute Gasteiger partial charge is 0.324 e. The van der Waals surface area contributed by atoms with E-state index in [1.54, 1.807) is 19.5 Å². The molecule has 2 N–H and O–H groups in total. The predicted molar refractivity (Wildman–Crippen MR) is 228 cm³/mol. The van der Waals surface area contributed by atoms with Gasteiger partial charge in [-0.1, -0.05) is 45.6 Å². The van der Waals surface area contributed by atoms with Gasteiger partial charge in [0.05, 0.1) is 34.8 Å². The van der Waals surface area contributed by atoms with Crippen LogP contribution in [0, 0.1) is 17.3 Å². The number of amides is 2. The fourth-order valence-corrected chi connectivity index (χ4v) is 9.49. The van der Waals surface area contributed by atoms with Crippen molar-refractivity contribution in [3.8, 4) is 11.3 Å². The number of benzene rings is 1. The number of pyridine rings is 1. The highest BCUT2D eigenvalue weighted by Gasteiger charge is 2.54. The molecule has 1 saturated heterocycles. The first-order chi connectivity index (χ1) is 27.9. The first-order valence-corrected chi connectivity index (χ1v) is 21.2. The highest BCUT2D eigenvalue weighted by Crippen LogP contribution is 2.53. The van der Waals surface area contributed by atoms with E-state index in [-0.39, 0.29) is 48.7 Å². The van der Waals surface area contributed by atoms with Gasteiger partial charge in [0.1, 0.15) is 12.1 Å². The van der Waals surface area contributed by atoms with E-state index in [9.17, 15) is 14.4 Å². The van der Waals surface area contributed by atoms with Gasteiger partial charge in [-0.25, -0.2) is 10.4 Å². The average molecular weight is 806 g/mol. The van der Waals surface area contributed by atoms with Crippen LogP contribution in [0.25, 0.3) is 27.7 Å². The van der Waals surface area contributed by atoms with Crippen molar-refractivity contribution in [1.29, 1.82) is 0 Å². The summed E-state index contributed by atoms with van der Waals surface area (Å²) < 4.78 is 14.2. The number of carbonyl (C=O) groups excluding carboxylic acids is 3. The molecule has 6 atom stereocenters. The zero-order valence-electron chi connectivity index (χ0n) is 34.6. The van der Waals surface area contributed by atoms with Crippen LogP contribution in [0.2, 0.25) is 0 Å². The molecule has 2 amide bonds. The minimum absolute atomic E-state index is 0.0196. The van der Waals surface area contributed by atoms with E-state index < -0.39 is 23.5 Å². The van der Waals surface area contributed by atoms with E-state index >= 15 is 0 Å². The van der Waals surface area contributed by atoms with Crippen LogP contribution in [0.3, 0.4) is 0 Å². The fourth-order valence-electron chi connectivity index (χ4n) is 8.64. The zero-order chi connectivity index (χ0) is 41.3. The summed E-state index contributed by atoms with van der Waals surface area (Å²) in [6.45, 7) is 17.7. The number of thiazole rings is 1. The van der Waals surface area contributed by atoms with Crippen LogP contribution in [-0.4, -0.2) is 82.0 Å². The molecular formula is C45H55N7O5S. The first kappa shape index (κ1) is 41.2. The molecule has 13 heteroatoms. The molecule has 0 spiro atoms. The van der Waals surface area contributed by atoms with Gasteiger partial charge >= 0.3 is 5.97 Å². The van der Waals surface area contributed by atoms with Crippen molar-refractivity contribution in [3.63, 3.8) is 0 Å². The van der Waals surface area contributed by atoms with E-state index in [0.29, 0.717) is 37.4 Å². The molecule has 1 aromatic carbocycles. The number of cyclic esters (lactones) is 1.